The Labute approximate surface area is 114 Å². The lowest BCUT2D eigenvalue weighted by Gasteiger charge is -2.38. The third-order valence-corrected chi connectivity index (χ3v) is 3.11. The number of aliphatic hydroxyl groups is 3. The summed E-state index contributed by atoms with van der Waals surface area (Å²) in [5.41, 5.74) is -0.0914. The maximum atomic E-state index is 10.5. The second kappa shape index (κ2) is 5.71. The quantitative estimate of drug-likeness (QED) is 0.519. The van der Waals surface area contributed by atoms with Crippen LogP contribution >= 0.6 is 0 Å². The molecule has 1 aliphatic heterocycles. The summed E-state index contributed by atoms with van der Waals surface area (Å²) in [6.07, 6.45) is -5.89. The summed E-state index contributed by atoms with van der Waals surface area (Å²) in [4.78, 5) is 9.97. The second-order valence-electron chi connectivity index (χ2n) is 4.55. The van der Waals surface area contributed by atoms with E-state index in [0.717, 1.165) is 0 Å². The van der Waals surface area contributed by atoms with Crippen LogP contribution in [-0.2, 0) is 4.74 Å². The van der Waals surface area contributed by atoms with Gasteiger partial charge in [-0.15, -0.1) is 0 Å². The molecule has 0 aliphatic carbocycles. The first-order valence-corrected chi connectivity index (χ1v) is 6.01. The van der Waals surface area contributed by atoms with Gasteiger partial charge in [0.25, 0.3) is 5.69 Å². The molecule has 1 aliphatic rings. The zero-order chi connectivity index (χ0) is 14.9. The third kappa shape index (κ3) is 2.88. The number of benzene rings is 1. The van der Waals surface area contributed by atoms with Gasteiger partial charge >= 0.3 is 0 Å². The van der Waals surface area contributed by atoms with Crippen molar-refractivity contribution in [2.24, 2.45) is 0 Å². The van der Waals surface area contributed by atoms with E-state index in [2.05, 4.69) is 0 Å². The molecule has 8 heteroatoms. The van der Waals surface area contributed by atoms with Gasteiger partial charge in [-0.2, -0.15) is 0 Å². The van der Waals surface area contributed by atoms with Crippen LogP contribution in [0.25, 0.3) is 0 Å². The van der Waals surface area contributed by atoms with Crippen molar-refractivity contribution < 1.29 is 29.7 Å². The monoisotopic (exact) mass is 285 g/mol. The smallest absolute Gasteiger partial charge is 0.269 e. The highest BCUT2D eigenvalue weighted by atomic mass is 16.7. The normalized spacial score (nSPS) is 33.7. The Hall–Kier alpha value is -1.74. The molecule has 2 unspecified atom stereocenters. The van der Waals surface area contributed by atoms with Crippen molar-refractivity contribution in [3.05, 3.63) is 34.4 Å². The van der Waals surface area contributed by atoms with E-state index in [-0.39, 0.29) is 11.4 Å². The van der Waals surface area contributed by atoms with Crippen LogP contribution in [0.3, 0.4) is 0 Å². The molecule has 1 heterocycles. The molecule has 20 heavy (non-hydrogen) atoms. The molecule has 1 aromatic rings. The van der Waals surface area contributed by atoms with Gasteiger partial charge in [0.15, 0.2) is 0 Å². The molecule has 0 spiro atoms. The number of nitrogens with zero attached hydrogens (tertiary/aromatic N) is 1. The van der Waals surface area contributed by atoms with Crippen molar-refractivity contribution >= 4 is 5.69 Å². The zero-order valence-corrected chi connectivity index (χ0v) is 10.6. The molecule has 1 fully saturated rings. The molecule has 5 atom stereocenters. The van der Waals surface area contributed by atoms with Crippen molar-refractivity contribution in [3.63, 3.8) is 0 Å². The third-order valence-electron chi connectivity index (χ3n) is 3.11. The van der Waals surface area contributed by atoms with Gasteiger partial charge in [0, 0.05) is 12.1 Å². The predicted molar refractivity (Wildman–Crippen MR) is 66.1 cm³/mol. The zero-order valence-electron chi connectivity index (χ0n) is 10.6. The molecule has 2 rings (SSSR count). The number of hydrogen-bond acceptors (Lipinski definition) is 7. The highest BCUT2D eigenvalue weighted by molar-refractivity contribution is 5.36. The summed E-state index contributed by atoms with van der Waals surface area (Å²) in [6.45, 7) is 1.53. The molecule has 0 aromatic heterocycles. The van der Waals surface area contributed by atoms with Crippen LogP contribution in [0.15, 0.2) is 24.3 Å². The van der Waals surface area contributed by atoms with Gasteiger partial charge in [-0.3, -0.25) is 10.1 Å². The summed E-state index contributed by atoms with van der Waals surface area (Å²) < 4.78 is 10.6. The Kier molecular flexibility index (Phi) is 4.19. The Bertz CT molecular complexity index is 477. The van der Waals surface area contributed by atoms with Crippen LogP contribution in [0.1, 0.15) is 6.92 Å². The largest absolute Gasteiger partial charge is 0.462 e. The number of nitro groups is 1. The van der Waals surface area contributed by atoms with Crippen molar-refractivity contribution in [3.8, 4) is 5.75 Å². The van der Waals surface area contributed by atoms with Crippen molar-refractivity contribution in [1.29, 1.82) is 0 Å². The van der Waals surface area contributed by atoms with Gasteiger partial charge in [0.2, 0.25) is 6.29 Å². The number of ether oxygens (including phenoxy) is 2. The molecule has 0 saturated carbocycles. The lowest BCUT2D eigenvalue weighted by atomic mass is 10.00. The molecule has 1 aromatic carbocycles. The predicted octanol–water partition coefficient (Wildman–Crippen LogP) is -0.199. The average Bonchev–Trinajstić information content (AvgIpc) is 2.43. The van der Waals surface area contributed by atoms with Crippen molar-refractivity contribution in [2.75, 3.05) is 0 Å². The minimum atomic E-state index is -1.42. The summed E-state index contributed by atoms with van der Waals surface area (Å²) >= 11 is 0. The van der Waals surface area contributed by atoms with E-state index in [0.29, 0.717) is 0 Å². The van der Waals surface area contributed by atoms with Gasteiger partial charge < -0.3 is 24.8 Å². The Morgan fingerprint density at radius 1 is 1.15 bits per heavy atom. The van der Waals surface area contributed by atoms with Gasteiger partial charge in [-0.25, -0.2) is 0 Å². The summed E-state index contributed by atoms with van der Waals surface area (Å²) in [6, 6.07) is 5.21. The van der Waals surface area contributed by atoms with Crippen LogP contribution in [0.5, 0.6) is 5.75 Å². The lowest BCUT2D eigenvalue weighted by Crippen LogP contribution is -2.58. The maximum absolute atomic E-state index is 10.5. The van der Waals surface area contributed by atoms with E-state index in [9.17, 15) is 25.4 Å². The molecule has 0 amide bonds. The fraction of sp³-hybridized carbons (Fsp3) is 0.500. The molecule has 1 saturated heterocycles. The van der Waals surface area contributed by atoms with Crippen LogP contribution in [0.4, 0.5) is 5.69 Å². The standard InChI is InChI=1S/C12H15NO7/c1-6-9(14)10(15)11(16)12(19-6)20-8-4-2-7(3-5-8)13(17)18/h2-6,9-12,14-16H,1H3/t6?,9-,10?,11-,12-/m0/s1. The van der Waals surface area contributed by atoms with Gasteiger partial charge in [-0.05, 0) is 19.1 Å². The number of aliphatic hydroxyl groups excluding tert-OH is 3. The Balaban J connectivity index is 2.07. The van der Waals surface area contributed by atoms with E-state index in [1.54, 1.807) is 0 Å². The fourth-order valence-electron chi connectivity index (χ4n) is 1.89. The topological polar surface area (TPSA) is 122 Å². The maximum Gasteiger partial charge on any atom is 0.269 e. The minimum Gasteiger partial charge on any atom is -0.462 e. The second-order valence-corrected chi connectivity index (χ2v) is 4.55. The van der Waals surface area contributed by atoms with Gasteiger partial charge in [0.1, 0.15) is 24.1 Å². The molecule has 110 valence electrons. The van der Waals surface area contributed by atoms with Crippen LogP contribution in [0.2, 0.25) is 0 Å². The summed E-state index contributed by atoms with van der Waals surface area (Å²) in [5, 5.41) is 39.4. The number of hydrogen-bond donors (Lipinski definition) is 3. The molecular formula is C12H15NO7. The van der Waals surface area contributed by atoms with Crippen molar-refractivity contribution in [2.45, 2.75) is 37.6 Å². The summed E-state index contributed by atoms with van der Waals surface area (Å²) in [7, 11) is 0. The number of rotatable bonds is 3. The van der Waals surface area contributed by atoms with E-state index in [1.165, 1.54) is 31.2 Å². The first kappa shape index (κ1) is 14.7. The minimum absolute atomic E-state index is 0.0914. The van der Waals surface area contributed by atoms with Gasteiger partial charge in [0.05, 0.1) is 11.0 Å². The van der Waals surface area contributed by atoms with Crippen LogP contribution in [-0.4, -0.2) is 50.9 Å². The SMILES string of the molecule is CC1O[C@@H](Oc2ccc([N+](=O)[O-])cc2)[C@@H](O)C(O)[C@H]1O. The molecular weight excluding hydrogens is 270 g/mol. The number of nitro benzene ring substituents is 1. The van der Waals surface area contributed by atoms with E-state index >= 15 is 0 Å². The molecule has 0 radical (unpaired) electrons. The highest BCUT2D eigenvalue weighted by Crippen LogP contribution is 2.25. The molecule has 3 N–H and O–H groups in total. The average molecular weight is 285 g/mol. The number of non-ortho nitro benzene ring substituents is 1. The summed E-state index contributed by atoms with van der Waals surface area (Å²) in [5.74, 6) is 0.246. The van der Waals surface area contributed by atoms with Gasteiger partial charge in [-0.1, -0.05) is 0 Å². The van der Waals surface area contributed by atoms with E-state index in [4.69, 9.17) is 9.47 Å². The molecule has 0 bridgehead atoms. The fourth-order valence-corrected chi connectivity index (χ4v) is 1.89. The van der Waals surface area contributed by atoms with Crippen molar-refractivity contribution in [1.82, 2.24) is 0 Å². The Morgan fingerprint density at radius 3 is 2.30 bits per heavy atom. The van der Waals surface area contributed by atoms with E-state index < -0.39 is 35.6 Å². The van der Waals surface area contributed by atoms with Crippen LogP contribution in [0, 0.1) is 10.1 Å². The van der Waals surface area contributed by atoms with E-state index in [1.807, 2.05) is 0 Å². The highest BCUT2D eigenvalue weighted by Gasteiger charge is 2.43. The molecule has 8 nitrogen and oxygen atoms in total. The van der Waals surface area contributed by atoms with Crippen LogP contribution < -0.4 is 4.74 Å². The first-order valence-electron chi connectivity index (χ1n) is 6.01. The lowest BCUT2D eigenvalue weighted by molar-refractivity contribution is -0.384. The first-order chi connectivity index (χ1) is 9.40. The Morgan fingerprint density at radius 2 is 1.75 bits per heavy atom.